The molecule has 0 N–H and O–H groups in total. The molecule has 3 aliphatic carbocycles. The molecular formula is C20H26ClN5O2. The maximum atomic E-state index is 12.6. The largest absolute Gasteiger partial charge is 0.466 e. The molecule has 2 bridgehead atoms. The summed E-state index contributed by atoms with van der Waals surface area (Å²) in [5.74, 6) is 2.19. The molecule has 0 amide bonds. The van der Waals surface area contributed by atoms with Gasteiger partial charge in [-0.25, -0.2) is 9.51 Å². The van der Waals surface area contributed by atoms with E-state index < -0.39 is 0 Å². The number of carbonyl (C=O) groups excluding carboxylic acids is 1. The van der Waals surface area contributed by atoms with Crippen LogP contribution < -0.4 is 4.90 Å². The fourth-order valence-electron chi connectivity index (χ4n) is 4.83. The molecule has 3 fully saturated rings. The quantitative estimate of drug-likeness (QED) is 0.561. The Balaban J connectivity index is 1.68. The molecule has 0 aromatic carbocycles. The lowest BCUT2D eigenvalue weighted by Gasteiger charge is -2.45. The van der Waals surface area contributed by atoms with Gasteiger partial charge in [-0.15, -0.1) is 5.10 Å². The lowest BCUT2D eigenvalue weighted by atomic mass is 9.59. The third-order valence-electron chi connectivity index (χ3n) is 6.11. The second-order valence-electron chi connectivity index (χ2n) is 7.90. The highest BCUT2D eigenvalue weighted by Crippen LogP contribution is 2.48. The number of anilines is 1. The second-order valence-corrected chi connectivity index (χ2v) is 8.23. The highest BCUT2D eigenvalue weighted by molar-refractivity contribution is 6.28. The summed E-state index contributed by atoms with van der Waals surface area (Å²) in [4.78, 5) is 23.6. The average molecular weight is 404 g/mol. The number of rotatable bonds is 5. The van der Waals surface area contributed by atoms with E-state index in [4.69, 9.17) is 21.3 Å². The number of esters is 1. The number of fused-ring (bicyclic) bond motifs is 4. The van der Waals surface area contributed by atoms with Gasteiger partial charge in [0.25, 0.3) is 0 Å². The minimum Gasteiger partial charge on any atom is -0.466 e. The molecule has 3 saturated carbocycles. The van der Waals surface area contributed by atoms with E-state index >= 15 is 0 Å². The van der Waals surface area contributed by atoms with Crippen molar-refractivity contribution in [2.24, 2.45) is 28.7 Å². The molecular weight excluding hydrogens is 378 g/mol. The average Bonchev–Trinajstić information content (AvgIpc) is 3.10. The standard InChI is InChI=1S/C20H26ClN5O2/c1-4-28-19(27)17-13-7-5-12(6-8-13)14(17)11-22-18-15-9-10-16(25(2)3)26(15)24-20(21)23-18/h9-14,17H,4-8H2,1-3H3/t12-,13+,14?,17-/m0/s1. The van der Waals surface area contributed by atoms with E-state index in [0.29, 0.717) is 24.3 Å². The van der Waals surface area contributed by atoms with Gasteiger partial charge in [0.05, 0.1) is 12.5 Å². The van der Waals surface area contributed by atoms with Crippen molar-refractivity contribution in [1.82, 2.24) is 14.6 Å². The van der Waals surface area contributed by atoms with E-state index in [0.717, 1.165) is 37.0 Å². The second kappa shape index (κ2) is 7.70. The Labute approximate surface area is 169 Å². The molecule has 8 heteroatoms. The molecule has 2 atom stereocenters. The van der Waals surface area contributed by atoms with Gasteiger partial charge in [0.15, 0.2) is 5.82 Å². The molecule has 5 rings (SSSR count). The number of carbonyl (C=O) groups is 1. The van der Waals surface area contributed by atoms with Gasteiger partial charge in [-0.05, 0) is 68.2 Å². The fourth-order valence-corrected chi connectivity index (χ4v) is 4.99. The Kier molecular flexibility index (Phi) is 5.27. The van der Waals surface area contributed by atoms with Gasteiger partial charge in [-0.1, -0.05) is 0 Å². The van der Waals surface area contributed by atoms with Crippen molar-refractivity contribution in [3.63, 3.8) is 0 Å². The lowest BCUT2D eigenvalue weighted by Crippen LogP contribution is -2.45. The predicted molar refractivity (Wildman–Crippen MR) is 110 cm³/mol. The predicted octanol–water partition coefficient (Wildman–Crippen LogP) is 3.77. The zero-order valence-electron chi connectivity index (χ0n) is 16.5. The van der Waals surface area contributed by atoms with Gasteiger partial charge in [-0.3, -0.25) is 4.79 Å². The number of hydrogen-bond acceptors (Lipinski definition) is 6. The Morgan fingerprint density at radius 3 is 2.71 bits per heavy atom. The number of aliphatic imine (C=N–C) groups is 1. The maximum Gasteiger partial charge on any atom is 0.309 e. The Morgan fingerprint density at radius 2 is 2.04 bits per heavy atom. The van der Waals surface area contributed by atoms with Crippen LogP contribution in [0.3, 0.4) is 0 Å². The van der Waals surface area contributed by atoms with E-state index in [2.05, 4.69) is 10.1 Å². The van der Waals surface area contributed by atoms with Gasteiger partial charge >= 0.3 is 5.97 Å². The first kappa shape index (κ1) is 19.2. The highest BCUT2D eigenvalue weighted by Gasteiger charge is 2.47. The van der Waals surface area contributed by atoms with Gasteiger partial charge in [0.1, 0.15) is 11.3 Å². The van der Waals surface area contributed by atoms with Crippen LogP contribution >= 0.6 is 11.6 Å². The smallest absolute Gasteiger partial charge is 0.309 e. The van der Waals surface area contributed by atoms with Crippen molar-refractivity contribution < 1.29 is 9.53 Å². The molecule has 0 spiro atoms. The fraction of sp³-hybridized carbons (Fsp3) is 0.600. The van der Waals surface area contributed by atoms with Gasteiger partial charge in [-0.2, -0.15) is 4.98 Å². The van der Waals surface area contributed by atoms with Crippen LogP contribution in [-0.4, -0.2) is 47.5 Å². The summed E-state index contributed by atoms with van der Waals surface area (Å²) < 4.78 is 7.13. The summed E-state index contributed by atoms with van der Waals surface area (Å²) in [5, 5.41) is 4.44. The molecule has 0 aliphatic heterocycles. The molecule has 2 aromatic rings. The summed E-state index contributed by atoms with van der Waals surface area (Å²) in [5.41, 5.74) is 0.790. The molecule has 28 heavy (non-hydrogen) atoms. The van der Waals surface area contributed by atoms with Crippen LogP contribution in [-0.2, 0) is 9.53 Å². The number of ether oxygens (including phenoxy) is 1. The first-order valence-electron chi connectivity index (χ1n) is 9.93. The van der Waals surface area contributed by atoms with Crippen LogP contribution in [0.2, 0.25) is 5.28 Å². The minimum absolute atomic E-state index is 0.0863. The first-order chi connectivity index (χ1) is 13.5. The Bertz CT molecular complexity index is 901. The van der Waals surface area contributed by atoms with Crippen LogP contribution in [0.25, 0.3) is 5.52 Å². The molecule has 7 nitrogen and oxygen atoms in total. The van der Waals surface area contributed by atoms with E-state index in [1.165, 1.54) is 0 Å². The zero-order chi connectivity index (χ0) is 19.8. The summed E-state index contributed by atoms with van der Waals surface area (Å²) in [6.45, 7) is 2.27. The molecule has 2 aromatic heterocycles. The molecule has 1 unspecified atom stereocenters. The van der Waals surface area contributed by atoms with Crippen molar-refractivity contribution in [2.75, 3.05) is 25.6 Å². The van der Waals surface area contributed by atoms with Crippen molar-refractivity contribution in [1.29, 1.82) is 0 Å². The van der Waals surface area contributed by atoms with Crippen molar-refractivity contribution >= 4 is 40.9 Å². The van der Waals surface area contributed by atoms with E-state index in [1.54, 1.807) is 4.52 Å². The highest BCUT2D eigenvalue weighted by atomic mass is 35.5. The third-order valence-corrected chi connectivity index (χ3v) is 6.27. The van der Waals surface area contributed by atoms with Crippen molar-refractivity contribution in [3.05, 3.63) is 17.4 Å². The van der Waals surface area contributed by atoms with E-state index in [1.807, 2.05) is 44.3 Å². The van der Waals surface area contributed by atoms with Crippen LogP contribution in [0.1, 0.15) is 32.6 Å². The number of aromatic nitrogens is 3. The van der Waals surface area contributed by atoms with Crippen molar-refractivity contribution in [3.8, 4) is 0 Å². The minimum atomic E-state index is -0.103. The summed E-state index contributed by atoms with van der Waals surface area (Å²) in [6, 6.07) is 3.90. The van der Waals surface area contributed by atoms with Crippen LogP contribution in [0, 0.1) is 23.7 Å². The maximum absolute atomic E-state index is 12.6. The van der Waals surface area contributed by atoms with E-state index in [9.17, 15) is 4.79 Å². The number of nitrogens with zero attached hydrogens (tertiary/aromatic N) is 5. The molecule has 2 heterocycles. The summed E-state index contributed by atoms with van der Waals surface area (Å²) in [6.07, 6.45) is 6.42. The van der Waals surface area contributed by atoms with Gasteiger partial charge < -0.3 is 9.64 Å². The zero-order valence-corrected chi connectivity index (χ0v) is 17.3. The molecule has 0 saturated heterocycles. The topological polar surface area (TPSA) is 72.1 Å². The lowest BCUT2D eigenvalue weighted by molar-refractivity contribution is -0.156. The van der Waals surface area contributed by atoms with Gasteiger partial charge in [0, 0.05) is 26.2 Å². The number of hydrogen-bond donors (Lipinski definition) is 0. The SMILES string of the molecule is CCOC(=O)[C@@H]1C(C=Nc2nc(Cl)nn3c(N(C)C)ccc23)[C@H]2CC[C@@H]1CC2. The normalized spacial score (nSPS) is 26.9. The van der Waals surface area contributed by atoms with Gasteiger partial charge in [0.2, 0.25) is 5.28 Å². The van der Waals surface area contributed by atoms with E-state index in [-0.39, 0.29) is 23.1 Å². The van der Waals surface area contributed by atoms with Crippen LogP contribution in [0.4, 0.5) is 11.6 Å². The Hall–Kier alpha value is -2.15. The third kappa shape index (κ3) is 3.36. The molecule has 150 valence electrons. The number of halogens is 1. The van der Waals surface area contributed by atoms with Crippen LogP contribution in [0.5, 0.6) is 0 Å². The van der Waals surface area contributed by atoms with Crippen LogP contribution in [0.15, 0.2) is 17.1 Å². The van der Waals surface area contributed by atoms with Crippen molar-refractivity contribution in [2.45, 2.75) is 32.6 Å². The first-order valence-corrected chi connectivity index (χ1v) is 10.3. The molecule has 0 radical (unpaired) electrons. The summed E-state index contributed by atoms with van der Waals surface area (Å²) in [7, 11) is 3.90. The summed E-state index contributed by atoms with van der Waals surface area (Å²) >= 11 is 6.15. The monoisotopic (exact) mass is 403 g/mol. The Morgan fingerprint density at radius 1 is 1.32 bits per heavy atom. The molecule has 3 aliphatic rings.